The van der Waals surface area contributed by atoms with Crippen LogP contribution in [0.4, 0.5) is 0 Å². The number of amides is 1. The summed E-state index contributed by atoms with van der Waals surface area (Å²) in [5, 5.41) is 7.68. The van der Waals surface area contributed by atoms with Gasteiger partial charge in [0.2, 0.25) is 5.91 Å². The van der Waals surface area contributed by atoms with Gasteiger partial charge in [-0.15, -0.1) is 0 Å². The number of nitrogens with zero attached hydrogens (tertiary/aromatic N) is 2. The number of hydrogen-bond acceptors (Lipinski definition) is 3. The Labute approximate surface area is 83.5 Å². The molecule has 1 rings (SSSR count). The highest BCUT2D eigenvalue weighted by molar-refractivity contribution is 5.76. The van der Waals surface area contributed by atoms with Gasteiger partial charge in [0, 0.05) is 18.5 Å². The first kappa shape index (κ1) is 10.6. The van der Waals surface area contributed by atoms with E-state index in [9.17, 15) is 4.79 Å². The van der Waals surface area contributed by atoms with Crippen LogP contribution in [0.25, 0.3) is 0 Å². The van der Waals surface area contributed by atoms with Crippen molar-refractivity contribution in [2.45, 2.75) is 26.2 Å². The van der Waals surface area contributed by atoms with Gasteiger partial charge in [0.25, 0.3) is 0 Å². The molecule has 1 amide bonds. The molecule has 0 saturated carbocycles. The minimum atomic E-state index is -0.252. The monoisotopic (exact) mass is 193 g/mol. The second-order valence-electron chi connectivity index (χ2n) is 3.31. The maximum Gasteiger partial charge on any atom is 0.220 e. The van der Waals surface area contributed by atoms with Gasteiger partial charge in [0.15, 0.2) is 0 Å². The molecule has 2 N–H and O–H groups in total. The molecule has 0 aliphatic carbocycles. The maximum atomic E-state index is 11.1. The van der Waals surface area contributed by atoms with Crippen molar-refractivity contribution in [1.29, 1.82) is 0 Å². The summed E-state index contributed by atoms with van der Waals surface area (Å²) in [5.41, 5.74) is 6.11. The second-order valence-corrected chi connectivity index (χ2v) is 3.31. The molecule has 14 heavy (non-hydrogen) atoms. The average Bonchev–Trinajstić information content (AvgIpc) is 2.18. The van der Waals surface area contributed by atoms with Crippen LogP contribution < -0.4 is 5.73 Å². The number of rotatable bonds is 5. The van der Waals surface area contributed by atoms with Crippen LogP contribution >= 0.6 is 0 Å². The van der Waals surface area contributed by atoms with E-state index in [0.29, 0.717) is 6.42 Å². The van der Waals surface area contributed by atoms with E-state index < -0.39 is 0 Å². The third-order valence-electron chi connectivity index (χ3n) is 2.12. The number of carbonyl (C=O) groups excluding carboxylic acids is 1. The molecule has 0 saturated heterocycles. The zero-order valence-corrected chi connectivity index (χ0v) is 8.31. The Morgan fingerprint density at radius 1 is 1.64 bits per heavy atom. The van der Waals surface area contributed by atoms with Gasteiger partial charge in [-0.1, -0.05) is 13.3 Å². The standard InChI is InChI=1S/C10H15N3O/c1-2-4-8(10(11)14)7-9-5-3-6-12-13-9/h3,5-6,8H,2,4,7H2,1H3,(H2,11,14). The molecule has 0 radical (unpaired) electrons. The van der Waals surface area contributed by atoms with Gasteiger partial charge in [0.05, 0.1) is 5.69 Å². The largest absolute Gasteiger partial charge is 0.369 e. The molecule has 0 fully saturated rings. The molecule has 0 bridgehead atoms. The van der Waals surface area contributed by atoms with Crippen LogP contribution in [0.5, 0.6) is 0 Å². The van der Waals surface area contributed by atoms with E-state index in [-0.39, 0.29) is 11.8 Å². The van der Waals surface area contributed by atoms with Crippen LogP contribution in [0.2, 0.25) is 0 Å². The van der Waals surface area contributed by atoms with Gasteiger partial charge >= 0.3 is 0 Å². The predicted molar refractivity (Wildman–Crippen MR) is 53.3 cm³/mol. The molecule has 4 heteroatoms. The Balaban J connectivity index is 2.60. The predicted octanol–water partition coefficient (Wildman–Crippen LogP) is 0.921. The van der Waals surface area contributed by atoms with Crippen molar-refractivity contribution in [2.75, 3.05) is 0 Å². The summed E-state index contributed by atoms with van der Waals surface area (Å²) >= 11 is 0. The Morgan fingerprint density at radius 3 is 2.93 bits per heavy atom. The molecular weight excluding hydrogens is 178 g/mol. The summed E-state index contributed by atoms with van der Waals surface area (Å²) in [6.07, 6.45) is 3.97. The van der Waals surface area contributed by atoms with E-state index in [2.05, 4.69) is 10.2 Å². The minimum absolute atomic E-state index is 0.114. The fourth-order valence-electron chi connectivity index (χ4n) is 1.39. The average molecular weight is 193 g/mol. The van der Waals surface area contributed by atoms with Crippen LogP contribution in [0, 0.1) is 5.92 Å². The van der Waals surface area contributed by atoms with Crippen LogP contribution in [0.1, 0.15) is 25.5 Å². The summed E-state index contributed by atoms with van der Waals surface area (Å²) < 4.78 is 0. The Hall–Kier alpha value is -1.45. The molecule has 1 unspecified atom stereocenters. The molecule has 0 aliphatic rings. The van der Waals surface area contributed by atoms with Gasteiger partial charge in [0.1, 0.15) is 0 Å². The zero-order valence-electron chi connectivity index (χ0n) is 8.31. The highest BCUT2D eigenvalue weighted by Crippen LogP contribution is 2.11. The van der Waals surface area contributed by atoms with Crippen LogP contribution in [0.3, 0.4) is 0 Å². The lowest BCUT2D eigenvalue weighted by Crippen LogP contribution is -2.25. The molecular formula is C10H15N3O. The topological polar surface area (TPSA) is 68.9 Å². The summed E-state index contributed by atoms with van der Waals surface area (Å²) in [4.78, 5) is 11.1. The number of nitrogens with two attached hydrogens (primary N) is 1. The van der Waals surface area contributed by atoms with E-state index in [1.165, 1.54) is 0 Å². The van der Waals surface area contributed by atoms with Gasteiger partial charge in [-0.05, 0) is 18.6 Å². The third-order valence-corrected chi connectivity index (χ3v) is 2.12. The van der Waals surface area contributed by atoms with Crippen molar-refractivity contribution >= 4 is 5.91 Å². The SMILES string of the molecule is CCCC(Cc1cccnn1)C(N)=O. The normalized spacial score (nSPS) is 12.4. The lowest BCUT2D eigenvalue weighted by atomic mass is 9.97. The molecule has 1 aromatic rings. The van der Waals surface area contributed by atoms with E-state index in [4.69, 9.17) is 5.73 Å². The van der Waals surface area contributed by atoms with Gasteiger partial charge in [-0.25, -0.2) is 0 Å². The van der Waals surface area contributed by atoms with Crippen LogP contribution in [0.15, 0.2) is 18.3 Å². The van der Waals surface area contributed by atoms with E-state index in [1.807, 2.05) is 19.1 Å². The third kappa shape index (κ3) is 3.12. The van der Waals surface area contributed by atoms with Crippen molar-refractivity contribution in [3.63, 3.8) is 0 Å². The highest BCUT2D eigenvalue weighted by atomic mass is 16.1. The van der Waals surface area contributed by atoms with Crippen molar-refractivity contribution in [2.24, 2.45) is 11.7 Å². The first-order valence-electron chi connectivity index (χ1n) is 4.80. The number of primary amides is 1. The molecule has 1 aromatic heterocycles. The molecule has 0 aromatic carbocycles. The molecule has 1 heterocycles. The van der Waals surface area contributed by atoms with E-state index in [0.717, 1.165) is 18.5 Å². The number of hydrogen-bond donors (Lipinski definition) is 1. The van der Waals surface area contributed by atoms with Crippen molar-refractivity contribution in [3.8, 4) is 0 Å². The summed E-state index contributed by atoms with van der Waals surface area (Å²) in [6, 6.07) is 3.67. The summed E-state index contributed by atoms with van der Waals surface area (Å²) in [5.74, 6) is -0.366. The van der Waals surface area contributed by atoms with Gasteiger partial charge < -0.3 is 5.73 Å². The quantitative estimate of drug-likeness (QED) is 0.756. The Bertz CT molecular complexity index is 287. The summed E-state index contributed by atoms with van der Waals surface area (Å²) in [7, 11) is 0. The second kappa shape index (κ2) is 5.32. The molecule has 0 aliphatic heterocycles. The van der Waals surface area contributed by atoms with Crippen LogP contribution in [-0.2, 0) is 11.2 Å². The van der Waals surface area contributed by atoms with E-state index >= 15 is 0 Å². The van der Waals surface area contributed by atoms with Gasteiger partial charge in [-0.2, -0.15) is 10.2 Å². The number of aromatic nitrogens is 2. The van der Waals surface area contributed by atoms with Crippen LogP contribution in [-0.4, -0.2) is 16.1 Å². The van der Waals surface area contributed by atoms with Crippen molar-refractivity contribution < 1.29 is 4.79 Å². The fraction of sp³-hybridized carbons (Fsp3) is 0.500. The molecule has 1 atom stereocenters. The smallest absolute Gasteiger partial charge is 0.220 e. The lowest BCUT2D eigenvalue weighted by Gasteiger charge is -2.10. The molecule has 4 nitrogen and oxygen atoms in total. The zero-order chi connectivity index (χ0) is 10.4. The molecule has 76 valence electrons. The van der Waals surface area contributed by atoms with E-state index in [1.54, 1.807) is 6.20 Å². The van der Waals surface area contributed by atoms with Gasteiger partial charge in [-0.3, -0.25) is 4.79 Å². The minimum Gasteiger partial charge on any atom is -0.369 e. The first-order valence-corrected chi connectivity index (χ1v) is 4.80. The number of carbonyl (C=O) groups is 1. The fourth-order valence-corrected chi connectivity index (χ4v) is 1.39. The highest BCUT2D eigenvalue weighted by Gasteiger charge is 2.15. The maximum absolute atomic E-state index is 11.1. The van der Waals surface area contributed by atoms with Crippen molar-refractivity contribution in [1.82, 2.24) is 10.2 Å². The Kier molecular flexibility index (Phi) is 4.04. The molecule has 0 spiro atoms. The summed E-state index contributed by atoms with van der Waals surface area (Å²) in [6.45, 7) is 2.03. The first-order chi connectivity index (χ1) is 6.74. The lowest BCUT2D eigenvalue weighted by molar-refractivity contribution is -0.122. The Morgan fingerprint density at radius 2 is 2.43 bits per heavy atom. The van der Waals surface area contributed by atoms with Crippen molar-refractivity contribution in [3.05, 3.63) is 24.0 Å².